The van der Waals surface area contributed by atoms with E-state index < -0.39 is 6.09 Å². The highest BCUT2D eigenvalue weighted by molar-refractivity contribution is 5.64. The third kappa shape index (κ3) is 3.46. The second kappa shape index (κ2) is 4.88. The first-order chi connectivity index (χ1) is 7.74. The second-order valence-electron chi connectivity index (χ2n) is 4.06. The molecule has 4 heteroatoms. The minimum atomic E-state index is -1.01. The normalized spacial score (nSPS) is 14.5. The average molecular weight is 221 g/mol. The molecule has 0 saturated heterocycles. The van der Waals surface area contributed by atoms with Crippen LogP contribution >= 0.6 is 0 Å². The monoisotopic (exact) mass is 221 g/mol. The van der Waals surface area contributed by atoms with Crippen molar-refractivity contribution in [3.05, 3.63) is 29.8 Å². The summed E-state index contributed by atoms with van der Waals surface area (Å²) in [6.07, 6.45) is 1.52. The summed E-state index contributed by atoms with van der Waals surface area (Å²) in [6, 6.07) is 7.52. The van der Waals surface area contributed by atoms with E-state index >= 15 is 0 Å². The van der Waals surface area contributed by atoms with Crippen LogP contribution in [0.2, 0.25) is 0 Å². The number of benzene rings is 1. The molecule has 1 aromatic carbocycles. The summed E-state index contributed by atoms with van der Waals surface area (Å²) in [4.78, 5) is 10.3. The van der Waals surface area contributed by atoms with Crippen molar-refractivity contribution < 1.29 is 14.6 Å². The predicted octanol–water partition coefficient (Wildman–Crippen LogP) is 2.24. The highest BCUT2D eigenvalue weighted by Crippen LogP contribution is 2.29. The number of carboxylic acid groups (broad SMARTS) is 1. The van der Waals surface area contributed by atoms with Crippen LogP contribution in [0.4, 0.5) is 4.79 Å². The summed E-state index contributed by atoms with van der Waals surface area (Å²) >= 11 is 0. The molecule has 0 heterocycles. The molecule has 1 aromatic rings. The first kappa shape index (κ1) is 10.8. The zero-order valence-electron chi connectivity index (χ0n) is 8.98. The highest BCUT2D eigenvalue weighted by atomic mass is 16.5. The van der Waals surface area contributed by atoms with Gasteiger partial charge in [0.15, 0.2) is 0 Å². The molecule has 0 unspecified atom stereocenters. The fourth-order valence-corrected chi connectivity index (χ4v) is 1.42. The molecule has 4 nitrogen and oxygen atoms in total. The molecular formula is C12H15NO3. The lowest BCUT2D eigenvalue weighted by atomic mass is 10.2. The van der Waals surface area contributed by atoms with E-state index in [1.165, 1.54) is 12.8 Å². The fourth-order valence-electron chi connectivity index (χ4n) is 1.42. The standard InChI is InChI=1S/C12H15NO3/c14-12(15)13-7-10-2-1-3-11(6-10)16-8-9-4-5-9/h1-3,6,9,13H,4-5,7-8H2,(H,14,15). The van der Waals surface area contributed by atoms with E-state index in [0.717, 1.165) is 23.8 Å². The van der Waals surface area contributed by atoms with Crippen molar-refractivity contribution in [2.75, 3.05) is 6.61 Å². The van der Waals surface area contributed by atoms with Crippen LogP contribution in [0.25, 0.3) is 0 Å². The van der Waals surface area contributed by atoms with Gasteiger partial charge in [0.2, 0.25) is 0 Å². The zero-order chi connectivity index (χ0) is 11.4. The summed E-state index contributed by atoms with van der Waals surface area (Å²) in [5.74, 6) is 1.54. The van der Waals surface area contributed by atoms with Crippen molar-refractivity contribution in [1.82, 2.24) is 5.32 Å². The maximum Gasteiger partial charge on any atom is 0.404 e. The largest absolute Gasteiger partial charge is 0.493 e. The van der Waals surface area contributed by atoms with Gasteiger partial charge in [0.1, 0.15) is 5.75 Å². The molecule has 1 saturated carbocycles. The third-order valence-electron chi connectivity index (χ3n) is 2.52. The van der Waals surface area contributed by atoms with E-state index in [1.807, 2.05) is 24.3 Å². The first-order valence-corrected chi connectivity index (χ1v) is 5.42. The molecule has 1 fully saturated rings. The quantitative estimate of drug-likeness (QED) is 0.801. The Morgan fingerprint density at radius 3 is 3.00 bits per heavy atom. The summed E-state index contributed by atoms with van der Waals surface area (Å²) in [5.41, 5.74) is 0.913. The van der Waals surface area contributed by atoms with Crippen LogP contribution in [0.3, 0.4) is 0 Å². The molecule has 0 atom stereocenters. The topological polar surface area (TPSA) is 58.6 Å². The van der Waals surface area contributed by atoms with Gasteiger partial charge in [0.05, 0.1) is 6.61 Å². The van der Waals surface area contributed by atoms with Crippen LogP contribution in [0.5, 0.6) is 5.75 Å². The van der Waals surface area contributed by atoms with Crippen molar-refractivity contribution in [1.29, 1.82) is 0 Å². The second-order valence-corrected chi connectivity index (χ2v) is 4.06. The summed E-state index contributed by atoms with van der Waals surface area (Å²) in [6.45, 7) is 1.09. The summed E-state index contributed by atoms with van der Waals surface area (Å²) in [7, 11) is 0. The van der Waals surface area contributed by atoms with E-state index in [-0.39, 0.29) is 0 Å². The predicted molar refractivity (Wildman–Crippen MR) is 59.5 cm³/mol. The van der Waals surface area contributed by atoms with Gasteiger partial charge in [0.25, 0.3) is 0 Å². The lowest BCUT2D eigenvalue weighted by Crippen LogP contribution is -2.19. The lowest BCUT2D eigenvalue weighted by Gasteiger charge is -2.07. The van der Waals surface area contributed by atoms with Crippen LogP contribution in [0, 0.1) is 5.92 Å². The zero-order valence-corrected chi connectivity index (χ0v) is 8.98. The van der Waals surface area contributed by atoms with Gasteiger partial charge in [0, 0.05) is 6.54 Å². The van der Waals surface area contributed by atoms with E-state index in [0.29, 0.717) is 6.54 Å². The molecule has 0 bridgehead atoms. The van der Waals surface area contributed by atoms with Crippen molar-refractivity contribution >= 4 is 6.09 Å². The molecule has 0 radical (unpaired) electrons. The summed E-state index contributed by atoms with van der Waals surface area (Å²) in [5, 5.41) is 10.8. The minimum Gasteiger partial charge on any atom is -0.493 e. The lowest BCUT2D eigenvalue weighted by molar-refractivity contribution is 0.194. The van der Waals surface area contributed by atoms with Gasteiger partial charge in [-0.1, -0.05) is 12.1 Å². The SMILES string of the molecule is O=C(O)NCc1cccc(OCC2CC2)c1. The average Bonchev–Trinajstić information content (AvgIpc) is 3.08. The van der Waals surface area contributed by atoms with Crippen molar-refractivity contribution in [2.24, 2.45) is 5.92 Å². The molecule has 16 heavy (non-hydrogen) atoms. The van der Waals surface area contributed by atoms with Gasteiger partial charge >= 0.3 is 6.09 Å². The summed E-state index contributed by atoms with van der Waals surface area (Å²) < 4.78 is 5.60. The third-order valence-corrected chi connectivity index (χ3v) is 2.52. The number of amides is 1. The van der Waals surface area contributed by atoms with E-state index in [4.69, 9.17) is 9.84 Å². The van der Waals surface area contributed by atoms with Gasteiger partial charge in [-0.3, -0.25) is 0 Å². The molecule has 86 valence electrons. The number of hydrogen-bond acceptors (Lipinski definition) is 2. The minimum absolute atomic E-state index is 0.315. The van der Waals surface area contributed by atoms with Crippen LogP contribution in [-0.2, 0) is 6.54 Å². The Bertz CT molecular complexity index is 374. The molecule has 1 amide bonds. The molecule has 0 spiro atoms. The van der Waals surface area contributed by atoms with Gasteiger partial charge in [-0.15, -0.1) is 0 Å². The Kier molecular flexibility index (Phi) is 3.29. The molecule has 2 N–H and O–H groups in total. The van der Waals surface area contributed by atoms with Gasteiger partial charge in [-0.2, -0.15) is 0 Å². The molecular weight excluding hydrogens is 206 g/mol. The van der Waals surface area contributed by atoms with Crippen molar-refractivity contribution in [3.63, 3.8) is 0 Å². The van der Waals surface area contributed by atoms with Crippen molar-refractivity contribution in [2.45, 2.75) is 19.4 Å². The fraction of sp³-hybridized carbons (Fsp3) is 0.417. The Morgan fingerprint density at radius 1 is 1.50 bits per heavy atom. The van der Waals surface area contributed by atoms with Crippen LogP contribution in [0.1, 0.15) is 18.4 Å². The van der Waals surface area contributed by atoms with E-state index in [1.54, 1.807) is 0 Å². The highest BCUT2D eigenvalue weighted by Gasteiger charge is 2.21. The maximum absolute atomic E-state index is 10.3. The number of carbonyl (C=O) groups is 1. The number of hydrogen-bond donors (Lipinski definition) is 2. The van der Waals surface area contributed by atoms with E-state index in [2.05, 4.69) is 5.32 Å². The molecule has 1 aliphatic rings. The number of rotatable bonds is 5. The first-order valence-electron chi connectivity index (χ1n) is 5.42. The Labute approximate surface area is 94.2 Å². The van der Waals surface area contributed by atoms with Crippen LogP contribution in [-0.4, -0.2) is 17.8 Å². The molecule has 2 rings (SSSR count). The smallest absolute Gasteiger partial charge is 0.404 e. The molecule has 0 aliphatic heterocycles. The van der Waals surface area contributed by atoms with Crippen molar-refractivity contribution in [3.8, 4) is 5.75 Å². The number of ether oxygens (including phenoxy) is 1. The number of nitrogens with one attached hydrogen (secondary N) is 1. The Balaban J connectivity index is 1.87. The van der Waals surface area contributed by atoms with E-state index in [9.17, 15) is 4.79 Å². The molecule has 0 aromatic heterocycles. The van der Waals surface area contributed by atoms with Gasteiger partial charge in [-0.05, 0) is 36.5 Å². The Hall–Kier alpha value is -1.71. The van der Waals surface area contributed by atoms with Crippen LogP contribution in [0.15, 0.2) is 24.3 Å². The Morgan fingerprint density at radius 2 is 2.31 bits per heavy atom. The van der Waals surface area contributed by atoms with Crippen LogP contribution < -0.4 is 10.1 Å². The maximum atomic E-state index is 10.3. The van der Waals surface area contributed by atoms with Gasteiger partial charge < -0.3 is 15.2 Å². The molecule has 1 aliphatic carbocycles. The van der Waals surface area contributed by atoms with Gasteiger partial charge in [-0.25, -0.2) is 4.79 Å².